The quantitative estimate of drug-likeness (QED) is 0.0261. The fourth-order valence-corrected chi connectivity index (χ4v) is 8.79. The van der Waals surface area contributed by atoms with Gasteiger partial charge in [0.05, 0.1) is 0 Å². The van der Waals surface area contributed by atoms with Crippen LogP contribution in [0.4, 0.5) is 0 Å². The van der Waals surface area contributed by atoms with E-state index in [-0.39, 0.29) is 31.1 Å². The molecule has 0 aliphatic heterocycles. The molecule has 0 aromatic heterocycles. The topological polar surface area (TPSA) is 78.9 Å². The summed E-state index contributed by atoms with van der Waals surface area (Å²) in [5, 5.41) is 0. The zero-order chi connectivity index (χ0) is 55.0. The molecule has 0 aromatic rings. The van der Waals surface area contributed by atoms with Crippen LogP contribution in [0.3, 0.4) is 0 Å². The second kappa shape index (κ2) is 63.6. The van der Waals surface area contributed by atoms with Crippen LogP contribution in [0.2, 0.25) is 0 Å². The SMILES string of the molecule is CC/C=C\C/C=C\C/C=C\C/C=C\C/C=C\C/C=C\C/C=C\C/C=C\C/C=C\CCCCCC(=O)OCC(COC(=O)CCCCCCCCCCCCC)OC(=O)CCCCCCCCCCCCCCCCCC. The molecule has 1 unspecified atom stereocenters. The van der Waals surface area contributed by atoms with Gasteiger partial charge in [-0.15, -0.1) is 0 Å². The van der Waals surface area contributed by atoms with Crippen molar-refractivity contribution >= 4 is 17.9 Å². The van der Waals surface area contributed by atoms with Crippen LogP contribution in [0.15, 0.2) is 109 Å². The molecule has 0 aliphatic rings. The van der Waals surface area contributed by atoms with Gasteiger partial charge in [-0.1, -0.05) is 297 Å². The van der Waals surface area contributed by atoms with E-state index in [1.165, 1.54) is 135 Å². The summed E-state index contributed by atoms with van der Waals surface area (Å²) in [7, 11) is 0. The molecule has 0 saturated carbocycles. The number of unbranched alkanes of at least 4 members (excludes halogenated alkanes) is 28. The number of hydrogen-bond acceptors (Lipinski definition) is 6. The highest BCUT2D eigenvalue weighted by Crippen LogP contribution is 2.16. The summed E-state index contributed by atoms with van der Waals surface area (Å²) in [6.07, 6.45) is 86.7. The third-order valence-corrected chi connectivity index (χ3v) is 13.5. The predicted molar refractivity (Wildman–Crippen MR) is 330 cm³/mol. The summed E-state index contributed by atoms with van der Waals surface area (Å²) in [5.41, 5.74) is 0. The molecule has 0 saturated heterocycles. The normalized spacial score (nSPS) is 12.8. The lowest BCUT2D eigenvalue weighted by Crippen LogP contribution is -2.30. The first-order valence-electron chi connectivity index (χ1n) is 31.9. The molecule has 0 aliphatic carbocycles. The molecule has 0 N–H and O–H groups in total. The first-order valence-corrected chi connectivity index (χ1v) is 31.9. The molecule has 0 aromatic carbocycles. The second-order valence-electron chi connectivity index (χ2n) is 21.0. The van der Waals surface area contributed by atoms with E-state index in [9.17, 15) is 14.4 Å². The van der Waals surface area contributed by atoms with Gasteiger partial charge >= 0.3 is 17.9 Å². The van der Waals surface area contributed by atoms with E-state index in [4.69, 9.17) is 14.2 Å². The maximum absolute atomic E-state index is 12.9. The average molecular weight is 1060 g/mol. The number of carbonyl (C=O) groups is 3. The smallest absolute Gasteiger partial charge is 0.306 e. The van der Waals surface area contributed by atoms with E-state index in [2.05, 4.69) is 130 Å². The van der Waals surface area contributed by atoms with Crippen LogP contribution >= 0.6 is 0 Å². The minimum Gasteiger partial charge on any atom is -0.462 e. The van der Waals surface area contributed by atoms with Crippen LogP contribution < -0.4 is 0 Å². The molecule has 0 radical (unpaired) electrons. The maximum Gasteiger partial charge on any atom is 0.306 e. The van der Waals surface area contributed by atoms with Crippen molar-refractivity contribution in [1.29, 1.82) is 0 Å². The third-order valence-electron chi connectivity index (χ3n) is 13.5. The van der Waals surface area contributed by atoms with Crippen molar-refractivity contribution in [2.24, 2.45) is 0 Å². The van der Waals surface area contributed by atoms with Gasteiger partial charge in [-0.2, -0.15) is 0 Å². The van der Waals surface area contributed by atoms with Gasteiger partial charge in [-0.05, 0) is 89.9 Å². The summed E-state index contributed by atoms with van der Waals surface area (Å²) in [4.78, 5) is 38.2. The van der Waals surface area contributed by atoms with E-state index in [0.29, 0.717) is 19.3 Å². The molecule has 6 heteroatoms. The molecule has 0 fully saturated rings. The fraction of sp³-hybridized carbons (Fsp3) is 0.700. The van der Waals surface area contributed by atoms with Gasteiger partial charge in [0.15, 0.2) is 6.10 Å². The molecule has 434 valence electrons. The minimum atomic E-state index is -0.790. The molecule has 0 amide bonds. The Bertz CT molecular complexity index is 1540. The van der Waals surface area contributed by atoms with Crippen LogP contribution in [-0.4, -0.2) is 37.2 Å². The van der Waals surface area contributed by atoms with Gasteiger partial charge in [0.2, 0.25) is 0 Å². The van der Waals surface area contributed by atoms with E-state index in [0.717, 1.165) is 122 Å². The molecule has 0 spiro atoms. The number of hydrogen-bond donors (Lipinski definition) is 0. The fourth-order valence-electron chi connectivity index (χ4n) is 8.79. The zero-order valence-electron chi connectivity index (χ0n) is 49.7. The van der Waals surface area contributed by atoms with Crippen LogP contribution in [0, 0.1) is 0 Å². The van der Waals surface area contributed by atoms with Crippen molar-refractivity contribution in [3.05, 3.63) is 109 Å². The van der Waals surface area contributed by atoms with Crippen LogP contribution in [0.5, 0.6) is 0 Å². The van der Waals surface area contributed by atoms with E-state index >= 15 is 0 Å². The number of rotatable bonds is 57. The van der Waals surface area contributed by atoms with Crippen molar-refractivity contribution < 1.29 is 28.6 Å². The standard InChI is InChI=1S/C70H118O6/c1-4-7-10-13-16-19-22-24-26-28-29-30-31-32-33-34-35-36-37-38-39-40-41-42-44-45-48-51-54-57-60-63-69(72)75-66-67(65-74-68(71)62-59-56-53-50-47-21-18-15-12-9-6-3)76-70(73)64-61-58-55-52-49-46-43-27-25-23-20-17-14-11-8-5-2/h7,10,16,19,24,26,29-30,32-33,35-36,38-39,41-42,45,48,67H,4-6,8-9,11-15,17-18,20-23,25,27-28,31,34,37,40,43-44,46-47,49-66H2,1-3H3/b10-7-,19-16-,26-24-,30-29-,33-32-,36-35-,39-38-,42-41-,48-45-. The molecule has 0 bridgehead atoms. The Hall–Kier alpha value is -3.93. The van der Waals surface area contributed by atoms with E-state index in [1.807, 2.05) is 0 Å². The Labute approximate surface area is 470 Å². The minimum absolute atomic E-state index is 0.0852. The Morgan fingerprint density at radius 3 is 0.803 bits per heavy atom. The third kappa shape index (κ3) is 60.9. The maximum atomic E-state index is 12.9. The van der Waals surface area contributed by atoms with E-state index in [1.54, 1.807) is 0 Å². The average Bonchev–Trinajstić information content (AvgIpc) is 3.42. The summed E-state index contributed by atoms with van der Waals surface area (Å²) < 4.78 is 16.9. The van der Waals surface area contributed by atoms with Gasteiger partial charge < -0.3 is 14.2 Å². The molecule has 6 nitrogen and oxygen atoms in total. The number of carbonyl (C=O) groups excluding carboxylic acids is 3. The highest BCUT2D eigenvalue weighted by atomic mass is 16.6. The zero-order valence-corrected chi connectivity index (χ0v) is 49.7. The van der Waals surface area contributed by atoms with Gasteiger partial charge in [0.1, 0.15) is 13.2 Å². The van der Waals surface area contributed by atoms with Gasteiger partial charge in [0.25, 0.3) is 0 Å². The number of esters is 3. The summed E-state index contributed by atoms with van der Waals surface area (Å²) in [5.74, 6) is -0.911. The molecule has 1 atom stereocenters. The largest absolute Gasteiger partial charge is 0.462 e. The Kier molecular flexibility index (Phi) is 60.3. The first-order chi connectivity index (χ1) is 37.5. The predicted octanol–water partition coefficient (Wildman–Crippen LogP) is 21.8. The first kappa shape index (κ1) is 72.1. The Morgan fingerprint density at radius 2 is 0.513 bits per heavy atom. The highest BCUT2D eigenvalue weighted by molar-refractivity contribution is 5.71. The molecular formula is C70H118O6. The van der Waals surface area contributed by atoms with E-state index < -0.39 is 6.10 Å². The van der Waals surface area contributed by atoms with Gasteiger partial charge in [0, 0.05) is 19.3 Å². The highest BCUT2D eigenvalue weighted by Gasteiger charge is 2.19. The lowest BCUT2D eigenvalue weighted by atomic mass is 10.0. The van der Waals surface area contributed by atoms with Crippen molar-refractivity contribution in [1.82, 2.24) is 0 Å². The second-order valence-corrected chi connectivity index (χ2v) is 21.0. The Morgan fingerprint density at radius 1 is 0.276 bits per heavy atom. The summed E-state index contributed by atoms with van der Waals surface area (Å²) >= 11 is 0. The molecule has 0 heterocycles. The van der Waals surface area contributed by atoms with Crippen molar-refractivity contribution in [3.8, 4) is 0 Å². The number of allylic oxidation sites excluding steroid dienone is 18. The lowest BCUT2D eigenvalue weighted by molar-refractivity contribution is -0.167. The Balaban J connectivity index is 4.32. The number of ether oxygens (including phenoxy) is 3. The molecular weight excluding hydrogens is 937 g/mol. The molecule has 0 rings (SSSR count). The van der Waals surface area contributed by atoms with Gasteiger partial charge in [-0.3, -0.25) is 14.4 Å². The summed E-state index contributed by atoms with van der Waals surface area (Å²) in [6, 6.07) is 0. The van der Waals surface area contributed by atoms with Crippen molar-refractivity contribution in [2.75, 3.05) is 13.2 Å². The lowest BCUT2D eigenvalue weighted by Gasteiger charge is -2.18. The van der Waals surface area contributed by atoms with Gasteiger partial charge in [-0.25, -0.2) is 0 Å². The van der Waals surface area contributed by atoms with Crippen LogP contribution in [-0.2, 0) is 28.6 Å². The summed E-state index contributed by atoms with van der Waals surface area (Å²) in [6.45, 7) is 6.51. The van der Waals surface area contributed by atoms with Crippen LogP contribution in [0.25, 0.3) is 0 Å². The monoisotopic (exact) mass is 1050 g/mol. The van der Waals surface area contributed by atoms with Crippen LogP contribution in [0.1, 0.15) is 297 Å². The van der Waals surface area contributed by atoms with Crippen molar-refractivity contribution in [3.63, 3.8) is 0 Å². The van der Waals surface area contributed by atoms with Crippen molar-refractivity contribution in [2.45, 2.75) is 303 Å². The molecule has 76 heavy (non-hydrogen) atoms.